The van der Waals surface area contributed by atoms with Gasteiger partial charge in [-0.25, -0.2) is 5.43 Å². The standard InChI is InChI=1S/C24H18Cl3N3O/c1-15-21(13-28-29-24(31)16-6-9-18(25)10-7-16)20-4-2-3-5-23(20)30(15)14-17-8-11-19(26)12-22(17)27/h2-13H,14H2,1H3,(H,29,31)/b28-13-. The van der Waals surface area contributed by atoms with E-state index in [0.29, 0.717) is 27.2 Å². The van der Waals surface area contributed by atoms with Gasteiger partial charge in [0.1, 0.15) is 0 Å². The summed E-state index contributed by atoms with van der Waals surface area (Å²) in [5.41, 5.74) is 7.02. The second-order valence-corrected chi connectivity index (χ2v) is 8.32. The van der Waals surface area contributed by atoms with E-state index in [9.17, 15) is 4.79 Å². The molecule has 156 valence electrons. The molecule has 0 aliphatic rings. The van der Waals surface area contributed by atoms with E-state index in [-0.39, 0.29) is 5.91 Å². The molecule has 3 aromatic carbocycles. The van der Waals surface area contributed by atoms with Gasteiger partial charge in [-0.15, -0.1) is 0 Å². The summed E-state index contributed by atoms with van der Waals surface area (Å²) in [6, 6.07) is 20.2. The summed E-state index contributed by atoms with van der Waals surface area (Å²) in [4.78, 5) is 12.3. The van der Waals surface area contributed by atoms with Crippen LogP contribution >= 0.6 is 34.8 Å². The molecule has 31 heavy (non-hydrogen) atoms. The Hall–Kier alpha value is -2.79. The topological polar surface area (TPSA) is 46.4 Å². The van der Waals surface area contributed by atoms with Crippen molar-refractivity contribution in [2.45, 2.75) is 13.5 Å². The summed E-state index contributed by atoms with van der Waals surface area (Å²) in [7, 11) is 0. The van der Waals surface area contributed by atoms with E-state index in [4.69, 9.17) is 34.8 Å². The van der Waals surface area contributed by atoms with Crippen LogP contribution in [0.5, 0.6) is 0 Å². The van der Waals surface area contributed by atoms with Gasteiger partial charge in [0.05, 0.1) is 6.21 Å². The van der Waals surface area contributed by atoms with Crippen molar-refractivity contribution in [3.05, 3.63) is 104 Å². The number of amides is 1. The van der Waals surface area contributed by atoms with Crippen LogP contribution < -0.4 is 5.43 Å². The molecular formula is C24H18Cl3N3O. The zero-order valence-corrected chi connectivity index (χ0v) is 18.8. The van der Waals surface area contributed by atoms with Gasteiger partial charge >= 0.3 is 0 Å². The van der Waals surface area contributed by atoms with Gasteiger partial charge in [-0.1, -0.05) is 59.1 Å². The fourth-order valence-electron chi connectivity index (χ4n) is 3.47. The summed E-state index contributed by atoms with van der Waals surface area (Å²) in [5, 5.41) is 7.02. The van der Waals surface area contributed by atoms with Crippen LogP contribution in [-0.4, -0.2) is 16.7 Å². The molecule has 4 rings (SSSR count). The van der Waals surface area contributed by atoms with E-state index in [1.54, 1.807) is 36.5 Å². The molecule has 0 fully saturated rings. The van der Waals surface area contributed by atoms with E-state index in [1.807, 2.05) is 37.3 Å². The molecule has 1 amide bonds. The van der Waals surface area contributed by atoms with Crippen LogP contribution in [0.25, 0.3) is 10.9 Å². The number of fused-ring (bicyclic) bond motifs is 1. The number of nitrogens with one attached hydrogen (secondary N) is 1. The summed E-state index contributed by atoms with van der Waals surface area (Å²) < 4.78 is 2.17. The number of carbonyl (C=O) groups is 1. The second-order valence-electron chi connectivity index (χ2n) is 7.04. The van der Waals surface area contributed by atoms with Crippen molar-refractivity contribution in [1.29, 1.82) is 0 Å². The molecule has 0 spiro atoms. The first-order valence-electron chi connectivity index (χ1n) is 9.55. The third-order valence-electron chi connectivity index (χ3n) is 5.09. The molecule has 0 aliphatic heterocycles. The number of para-hydroxylation sites is 1. The van der Waals surface area contributed by atoms with Gasteiger partial charge in [0.2, 0.25) is 0 Å². The third-order valence-corrected chi connectivity index (χ3v) is 5.93. The first-order valence-corrected chi connectivity index (χ1v) is 10.7. The zero-order valence-electron chi connectivity index (χ0n) is 16.6. The third kappa shape index (κ3) is 4.62. The van der Waals surface area contributed by atoms with Gasteiger partial charge in [-0.05, 0) is 55.0 Å². The smallest absolute Gasteiger partial charge is 0.271 e. The molecule has 4 nitrogen and oxygen atoms in total. The highest BCUT2D eigenvalue weighted by atomic mass is 35.5. The number of aromatic nitrogens is 1. The van der Waals surface area contributed by atoms with Crippen LogP contribution in [0.15, 0.2) is 71.8 Å². The number of hydrazone groups is 1. The first kappa shape index (κ1) is 21.4. The number of nitrogens with zero attached hydrogens (tertiary/aromatic N) is 2. The summed E-state index contributed by atoms with van der Waals surface area (Å²) in [6.45, 7) is 2.61. The Morgan fingerprint density at radius 1 is 1.00 bits per heavy atom. The van der Waals surface area contributed by atoms with E-state index in [0.717, 1.165) is 27.7 Å². The van der Waals surface area contributed by atoms with E-state index in [1.165, 1.54) is 0 Å². The van der Waals surface area contributed by atoms with Crippen molar-refractivity contribution in [1.82, 2.24) is 9.99 Å². The number of carbonyl (C=O) groups excluding carboxylic acids is 1. The molecule has 0 radical (unpaired) electrons. The highest BCUT2D eigenvalue weighted by molar-refractivity contribution is 6.35. The van der Waals surface area contributed by atoms with E-state index in [2.05, 4.69) is 21.2 Å². The number of benzene rings is 3. The average Bonchev–Trinajstić information content (AvgIpc) is 3.02. The lowest BCUT2D eigenvalue weighted by atomic mass is 10.1. The number of halogens is 3. The molecule has 0 aliphatic carbocycles. The van der Waals surface area contributed by atoms with Crippen molar-refractivity contribution in [2.24, 2.45) is 5.10 Å². The van der Waals surface area contributed by atoms with Gasteiger partial charge in [-0.3, -0.25) is 4.79 Å². The largest absolute Gasteiger partial charge is 0.340 e. The lowest BCUT2D eigenvalue weighted by molar-refractivity contribution is 0.0955. The minimum Gasteiger partial charge on any atom is -0.340 e. The Morgan fingerprint density at radius 2 is 1.71 bits per heavy atom. The van der Waals surface area contributed by atoms with Gasteiger partial charge in [0, 0.05) is 49.3 Å². The summed E-state index contributed by atoms with van der Waals surface area (Å²) in [5.74, 6) is -0.303. The minimum absolute atomic E-state index is 0.303. The Kier molecular flexibility index (Phi) is 6.33. The Bertz CT molecular complexity index is 1290. The van der Waals surface area contributed by atoms with Gasteiger partial charge in [-0.2, -0.15) is 5.10 Å². The maximum Gasteiger partial charge on any atom is 0.271 e. The normalized spacial score (nSPS) is 11.4. The van der Waals surface area contributed by atoms with Crippen LogP contribution in [0.2, 0.25) is 15.1 Å². The monoisotopic (exact) mass is 469 g/mol. The zero-order chi connectivity index (χ0) is 22.0. The van der Waals surface area contributed by atoms with Crippen LogP contribution in [0, 0.1) is 6.92 Å². The lowest BCUT2D eigenvalue weighted by Crippen LogP contribution is -2.17. The molecule has 0 saturated heterocycles. The summed E-state index contributed by atoms with van der Waals surface area (Å²) in [6.07, 6.45) is 1.67. The number of hydrogen-bond donors (Lipinski definition) is 1. The maximum absolute atomic E-state index is 12.3. The molecule has 1 heterocycles. The predicted molar refractivity (Wildman–Crippen MR) is 129 cm³/mol. The minimum atomic E-state index is -0.303. The molecule has 1 aromatic heterocycles. The molecule has 0 saturated carbocycles. The lowest BCUT2D eigenvalue weighted by Gasteiger charge is -2.10. The van der Waals surface area contributed by atoms with Crippen LogP contribution in [0.3, 0.4) is 0 Å². The maximum atomic E-state index is 12.3. The summed E-state index contributed by atoms with van der Waals surface area (Å²) >= 11 is 18.3. The Labute approximate surface area is 195 Å². The molecule has 0 unspecified atom stereocenters. The molecule has 4 aromatic rings. The van der Waals surface area contributed by atoms with Crippen molar-refractivity contribution < 1.29 is 4.79 Å². The van der Waals surface area contributed by atoms with Gasteiger partial charge in [0.15, 0.2) is 0 Å². The van der Waals surface area contributed by atoms with Gasteiger partial charge < -0.3 is 4.57 Å². The van der Waals surface area contributed by atoms with Crippen molar-refractivity contribution in [3.63, 3.8) is 0 Å². The van der Waals surface area contributed by atoms with E-state index < -0.39 is 0 Å². The molecule has 0 bridgehead atoms. The molecule has 1 N–H and O–H groups in total. The van der Waals surface area contributed by atoms with Crippen LogP contribution in [0.1, 0.15) is 27.2 Å². The molecule has 0 atom stereocenters. The van der Waals surface area contributed by atoms with Crippen LogP contribution in [0.4, 0.5) is 0 Å². The first-order chi connectivity index (χ1) is 14.9. The predicted octanol–water partition coefficient (Wildman–Crippen LogP) is 6.72. The SMILES string of the molecule is Cc1c(/C=N\NC(=O)c2ccc(Cl)cc2)c2ccccc2n1Cc1ccc(Cl)cc1Cl. The molecular weight excluding hydrogens is 453 g/mol. The van der Waals surface area contributed by atoms with E-state index >= 15 is 0 Å². The van der Waals surface area contributed by atoms with Crippen LogP contribution in [-0.2, 0) is 6.54 Å². The number of rotatable bonds is 5. The molecule has 7 heteroatoms. The highest BCUT2D eigenvalue weighted by Gasteiger charge is 2.14. The highest BCUT2D eigenvalue weighted by Crippen LogP contribution is 2.28. The van der Waals surface area contributed by atoms with Crippen molar-refractivity contribution in [2.75, 3.05) is 0 Å². The van der Waals surface area contributed by atoms with Crippen molar-refractivity contribution >= 4 is 57.8 Å². The average molecular weight is 471 g/mol. The second kappa shape index (κ2) is 9.15. The fourth-order valence-corrected chi connectivity index (χ4v) is 4.06. The number of hydrogen-bond acceptors (Lipinski definition) is 2. The Morgan fingerprint density at radius 3 is 2.45 bits per heavy atom. The quantitative estimate of drug-likeness (QED) is 0.255. The van der Waals surface area contributed by atoms with Gasteiger partial charge in [0.25, 0.3) is 5.91 Å². The fraction of sp³-hybridized carbons (Fsp3) is 0.0833. The Balaban J connectivity index is 1.64. The van der Waals surface area contributed by atoms with Crippen molar-refractivity contribution in [3.8, 4) is 0 Å².